The van der Waals surface area contributed by atoms with Gasteiger partial charge < -0.3 is 15.2 Å². The van der Waals surface area contributed by atoms with Crippen LogP contribution in [-0.4, -0.2) is 17.2 Å². The third-order valence-electron chi connectivity index (χ3n) is 2.84. The molecular formula is C14H18N2O2S. The second-order valence-electron chi connectivity index (χ2n) is 4.15. The van der Waals surface area contributed by atoms with E-state index in [0.717, 1.165) is 17.0 Å². The molecule has 1 aromatic carbocycles. The Kier molecular flexibility index (Phi) is 4.76. The molecule has 0 saturated heterocycles. The fourth-order valence-corrected chi connectivity index (χ4v) is 2.60. The van der Waals surface area contributed by atoms with E-state index in [1.807, 2.05) is 18.3 Å². The summed E-state index contributed by atoms with van der Waals surface area (Å²) in [7, 11) is 1.55. The van der Waals surface area contributed by atoms with Gasteiger partial charge in [-0.3, -0.25) is 0 Å². The largest absolute Gasteiger partial charge is 0.504 e. The molecule has 0 fully saturated rings. The number of nitrogens with one attached hydrogen (secondary N) is 1. The minimum absolute atomic E-state index is 0.200. The van der Waals surface area contributed by atoms with E-state index in [9.17, 15) is 5.11 Å². The van der Waals surface area contributed by atoms with Gasteiger partial charge in [0, 0.05) is 29.7 Å². The van der Waals surface area contributed by atoms with Crippen LogP contribution in [0, 0.1) is 0 Å². The lowest BCUT2D eigenvalue weighted by atomic mass is 10.2. The molecule has 0 unspecified atom stereocenters. The SMILES string of the molecule is CCc1cnc(CNCc2cccc(OC)c2O)s1. The number of phenols is 1. The van der Waals surface area contributed by atoms with Crippen molar-refractivity contribution in [1.29, 1.82) is 0 Å². The summed E-state index contributed by atoms with van der Waals surface area (Å²) < 4.78 is 5.08. The van der Waals surface area contributed by atoms with Crippen molar-refractivity contribution in [3.05, 3.63) is 39.8 Å². The number of aromatic nitrogens is 1. The minimum atomic E-state index is 0.200. The van der Waals surface area contributed by atoms with Crippen LogP contribution in [0.5, 0.6) is 11.5 Å². The zero-order chi connectivity index (χ0) is 13.7. The molecule has 1 aromatic heterocycles. The number of aromatic hydroxyl groups is 1. The van der Waals surface area contributed by atoms with Gasteiger partial charge in [-0.15, -0.1) is 11.3 Å². The predicted octanol–water partition coefficient (Wildman–Crippen LogP) is 2.71. The number of phenolic OH excluding ortho intramolecular Hbond substituents is 1. The number of hydrogen-bond donors (Lipinski definition) is 2. The topological polar surface area (TPSA) is 54.4 Å². The van der Waals surface area contributed by atoms with Crippen molar-refractivity contribution >= 4 is 11.3 Å². The Hall–Kier alpha value is -1.59. The molecule has 1 heterocycles. The van der Waals surface area contributed by atoms with Gasteiger partial charge in [0.2, 0.25) is 0 Å². The Labute approximate surface area is 117 Å². The zero-order valence-corrected chi connectivity index (χ0v) is 12.0. The first-order chi connectivity index (χ1) is 9.24. The van der Waals surface area contributed by atoms with E-state index < -0.39 is 0 Å². The van der Waals surface area contributed by atoms with Crippen molar-refractivity contribution in [3.63, 3.8) is 0 Å². The van der Waals surface area contributed by atoms with E-state index in [-0.39, 0.29) is 5.75 Å². The normalized spacial score (nSPS) is 10.6. The second kappa shape index (κ2) is 6.54. The van der Waals surface area contributed by atoms with Crippen LogP contribution in [0.2, 0.25) is 0 Å². The van der Waals surface area contributed by atoms with Gasteiger partial charge >= 0.3 is 0 Å². The highest BCUT2D eigenvalue weighted by molar-refractivity contribution is 7.11. The molecule has 0 atom stereocenters. The molecule has 0 amide bonds. The molecule has 0 bridgehead atoms. The van der Waals surface area contributed by atoms with Crippen LogP contribution in [0.1, 0.15) is 22.4 Å². The first-order valence-corrected chi connectivity index (χ1v) is 7.05. The predicted molar refractivity (Wildman–Crippen MR) is 76.7 cm³/mol. The Balaban J connectivity index is 1.92. The molecule has 0 aliphatic carbocycles. The summed E-state index contributed by atoms with van der Waals surface area (Å²) in [6, 6.07) is 5.49. The number of rotatable bonds is 6. The Morgan fingerprint density at radius 1 is 1.37 bits per heavy atom. The quantitative estimate of drug-likeness (QED) is 0.853. The van der Waals surface area contributed by atoms with E-state index in [2.05, 4.69) is 17.2 Å². The highest BCUT2D eigenvalue weighted by Crippen LogP contribution is 2.29. The van der Waals surface area contributed by atoms with E-state index in [0.29, 0.717) is 18.8 Å². The van der Waals surface area contributed by atoms with Crippen molar-refractivity contribution in [1.82, 2.24) is 10.3 Å². The van der Waals surface area contributed by atoms with E-state index >= 15 is 0 Å². The molecule has 0 aliphatic heterocycles. The molecule has 102 valence electrons. The van der Waals surface area contributed by atoms with Crippen molar-refractivity contribution in [2.75, 3.05) is 7.11 Å². The van der Waals surface area contributed by atoms with E-state index in [1.165, 1.54) is 4.88 Å². The highest BCUT2D eigenvalue weighted by atomic mass is 32.1. The van der Waals surface area contributed by atoms with Crippen LogP contribution in [0.15, 0.2) is 24.4 Å². The number of benzene rings is 1. The summed E-state index contributed by atoms with van der Waals surface area (Å²) in [5.41, 5.74) is 0.826. The first-order valence-electron chi connectivity index (χ1n) is 6.23. The minimum Gasteiger partial charge on any atom is -0.504 e. The number of ether oxygens (including phenoxy) is 1. The van der Waals surface area contributed by atoms with Crippen LogP contribution < -0.4 is 10.1 Å². The number of hydrogen-bond acceptors (Lipinski definition) is 5. The summed E-state index contributed by atoms with van der Waals surface area (Å²) in [6.45, 7) is 3.42. The van der Waals surface area contributed by atoms with Gasteiger partial charge in [0.15, 0.2) is 11.5 Å². The van der Waals surface area contributed by atoms with Crippen LogP contribution in [0.3, 0.4) is 0 Å². The monoisotopic (exact) mass is 278 g/mol. The van der Waals surface area contributed by atoms with Gasteiger partial charge in [-0.2, -0.15) is 0 Å². The fourth-order valence-electron chi connectivity index (χ4n) is 1.77. The van der Waals surface area contributed by atoms with E-state index in [1.54, 1.807) is 24.5 Å². The van der Waals surface area contributed by atoms with Crippen molar-refractivity contribution in [2.24, 2.45) is 0 Å². The summed E-state index contributed by atoms with van der Waals surface area (Å²) in [4.78, 5) is 5.64. The maximum absolute atomic E-state index is 9.95. The molecule has 0 saturated carbocycles. The average Bonchev–Trinajstić information content (AvgIpc) is 2.89. The standard InChI is InChI=1S/C14H18N2O2S/c1-3-11-8-16-13(19-11)9-15-7-10-5-4-6-12(18-2)14(10)17/h4-6,8,15,17H,3,7,9H2,1-2H3. The van der Waals surface area contributed by atoms with Gasteiger partial charge in [-0.1, -0.05) is 19.1 Å². The lowest BCUT2D eigenvalue weighted by Crippen LogP contribution is -2.12. The molecule has 0 radical (unpaired) electrons. The van der Waals surface area contributed by atoms with Crippen molar-refractivity contribution < 1.29 is 9.84 Å². The van der Waals surface area contributed by atoms with Crippen LogP contribution in [0.25, 0.3) is 0 Å². The summed E-state index contributed by atoms with van der Waals surface area (Å²) in [5, 5.41) is 14.3. The first kappa shape index (κ1) is 13.8. The highest BCUT2D eigenvalue weighted by Gasteiger charge is 2.07. The molecule has 4 nitrogen and oxygen atoms in total. The third kappa shape index (κ3) is 3.45. The van der Waals surface area contributed by atoms with Crippen LogP contribution in [-0.2, 0) is 19.5 Å². The lowest BCUT2D eigenvalue weighted by Gasteiger charge is -2.09. The van der Waals surface area contributed by atoms with Gasteiger partial charge in [-0.25, -0.2) is 4.98 Å². The smallest absolute Gasteiger partial charge is 0.162 e. The maximum atomic E-state index is 9.95. The maximum Gasteiger partial charge on any atom is 0.162 e. The molecule has 0 spiro atoms. The fraction of sp³-hybridized carbons (Fsp3) is 0.357. The number of methoxy groups -OCH3 is 1. The van der Waals surface area contributed by atoms with E-state index in [4.69, 9.17) is 4.74 Å². The summed E-state index contributed by atoms with van der Waals surface area (Å²) >= 11 is 1.72. The third-order valence-corrected chi connectivity index (χ3v) is 3.99. The second-order valence-corrected chi connectivity index (χ2v) is 5.35. The zero-order valence-electron chi connectivity index (χ0n) is 11.1. The molecular weight excluding hydrogens is 260 g/mol. The Morgan fingerprint density at radius 2 is 2.21 bits per heavy atom. The summed E-state index contributed by atoms with van der Waals surface area (Å²) in [5.74, 6) is 0.702. The average molecular weight is 278 g/mol. The Bertz CT molecular complexity index is 540. The van der Waals surface area contributed by atoms with Gasteiger partial charge in [-0.05, 0) is 12.5 Å². The molecule has 19 heavy (non-hydrogen) atoms. The van der Waals surface area contributed by atoms with Gasteiger partial charge in [0.1, 0.15) is 5.01 Å². The van der Waals surface area contributed by atoms with Crippen molar-refractivity contribution in [2.45, 2.75) is 26.4 Å². The number of para-hydroxylation sites is 1. The molecule has 2 aromatic rings. The molecule has 0 aliphatic rings. The number of aryl methyl sites for hydroxylation is 1. The van der Waals surface area contributed by atoms with Crippen LogP contribution >= 0.6 is 11.3 Å². The molecule has 5 heteroatoms. The van der Waals surface area contributed by atoms with Gasteiger partial charge in [0.05, 0.1) is 7.11 Å². The van der Waals surface area contributed by atoms with Crippen molar-refractivity contribution in [3.8, 4) is 11.5 Å². The molecule has 2 N–H and O–H groups in total. The Morgan fingerprint density at radius 3 is 2.89 bits per heavy atom. The summed E-state index contributed by atoms with van der Waals surface area (Å²) in [6.07, 6.45) is 2.94. The number of thiazole rings is 1. The van der Waals surface area contributed by atoms with Gasteiger partial charge in [0.25, 0.3) is 0 Å². The lowest BCUT2D eigenvalue weighted by molar-refractivity contribution is 0.369. The van der Waals surface area contributed by atoms with Crippen LogP contribution in [0.4, 0.5) is 0 Å². The molecule has 2 rings (SSSR count). The number of nitrogens with zero attached hydrogens (tertiary/aromatic N) is 1.